The van der Waals surface area contributed by atoms with Crippen molar-refractivity contribution >= 4 is 23.0 Å². The van der Waals surface area contributed by atoms with Crippen molar-refractivity contribution in [1.82, 2.24) is 9.71 Å². The Bertz CT molecular complexity index is 373. The lowest BCUT2D eigenvalue weighted by molar-refractivity contribution is 0.405. The van der Waals surface area contributed by atoms with Crippen LogP contribution in [-0.2, 0) is 11.4 Å². The van der Waals surface area contributed by atoms with Crippen molar-refractivity contribution in [1.29, 1.82) is 0 Å². The van der Waals surface area contributed by atoms with Gasteiger partial charge in [-0.05, 0) is 32.9 Å². The Balaban J connectivity index is 2.79. The number of halogens is 2. The minimum atomic E-state index is -1.35. The number of hydrogen-bond acceptors (Lipinski definition) is 3. The Morgan fingerprint density at radius 1 is 1.59 bits per heavy atom. The molecule has 1 N–H and O–H groups in total. The molecule has 96 valence electrons. The summed E-state index contributed by atoms with van der Waals surface area (Å²) in [7, 11) is 0. The van der Waals surface area contributed by atoms with Crippen molar-refractivity contribution in [2.75, 3.05) is 6.67 Å². The molecule has 0 saturated heterocycles. The molecule has 0 spiro atoms. The number of hydrogen-bond donors (Lipinski definition) is 1. The summed E-state index contributed by atoms with van der Waals surface area (Å²) in [6, 6.07) is 2.48. The summed E-state index contributed by atoms with van der Waals surface area (Å²) in [5.41, 5.74) is 0.456. The molecule has 1 unspecified atom stereocenters. The predicted molar refractivity (Wildman–Crippen MR) is 69.0 cm³/mol. The number of aromatic nitrogens is 1. The third kappa shape index (κ3) is 4.43. The van der Waals surface area contributed by atoms with E-state index in [9.17, 15) is 8.94 Å². The fraction of sp³-hybridized carbons (Fsp3) is 0.545. The first-order valence-corrected chi connectivity index (χ1v) is 6.73. The molecule has 6 heteroatoms. The quantitative estimate of drug-likeness (QED) is 0.862. The van der Waals surface area contributed by atoms with Gasteiger partial charge >= 0.3 is 0 Å². The molecule has 0 radical (unpaired) electrons. The van der Waals surface area contributed by atoms with E-state index in [-0.39, 0.29) is 0 Å². The van der Waals surface area contributed by atoms with Crippen LogP contribution < -0.4 is 4.72 Å². The highest BCUT2D eigenvalue weighted by molar-refractivity contribution is 7.90. The van der Waals surface area contributed by atoms with Crippen LogP contribution in [0.4, 0.5) is 4.39 Å². The van der Waals surface area contributed by atoms with Crippen LogP contribution in [0.2, 0.25) is 5.02 Å². The lowest BCUT2D eigenvalue weighted by Crippen LogP contribution is -2.42. The van der Waals surface area contributed by atoms with Crippen molar-refractivity contribution in [3.8, 4) is 0 Å². The minimum Gasteiger partial charge on any atom is -0.598 e. The molecule has 3 nitrogen and oxygen atoms in total. The maximum atomic E-state index is 12.9. The summed E-state index contributed by atoms with van der Waals surface area (Å²) in [6.45, 7) is 4.76. The highest BCUT2D eigenvalue weighted by Gasteiger charge is 2.30. The van der Waals surface area contributed by atoms with E-state index in [0.29, 0.717) is 10.7 Å². The van der Waals surface area contributed by atoms with Gasteiger partial charge in [0.2, 0.25) is 0 Å². The van der Waals surface area contributed by atoms with Crippen molar-refractivity contribution in [3.05, 3.63) is 29.0 Å². The number of nitrogens with one attached hydrogen (secondary N) is 1. The maximum absolute atomic E-state index is 12.9. The summed E-state index contributed by atoms with van der Waals surface area (Å²) in [6.07, 6.45) is 1.50. The molecule has 0 fully saturated rings. The van der Waals surface area contributed by atoms with Gasteiger partial charge < -0.3 is 4.55 Å². The molecule has 2 atom stereocenters. The predicted octanol–water partition coefficient (Wildman–Crippen LogP) is 2.80. The van der Waals surface area contributed by atoms with Crippen molar-refractivity contribution < 1.29 is 8.94 Å². The van der Waals surface area contributed by atoms with Crippen LogP contribution in [0.25, 0.3) is 0 Å². The summed E-state index contributed by atoms with van der Waals surface area (Å²) in [5.74, 6) is 0. The van der Waals surface area contributed by atoms with E-state index in [1.807, 2.05) is 20.8 Å². The van der Waals surface area contributed by atoms with E-state index in [0.717, 1.165) is 0 Å². The van der Waals surface area contributed by atoms with Gasteiger partial charge in [0.1, 0.15) is 17.5 Å². The number of nitrogens with zero attached hydrogens (tertiary/aromatic N) is 1. The first-order chi connectivity index (χ1) is 7.84. The molecule has 0 bridgehead atoms. The Labute approximate surface area is 109 Å². The highest BCUT2D eigenvalue weighted by atomic mass is 35.5. The number of rotatable bonds is 4. The van der Waals surface area contributed by atoms with Crippen molar-refractivity contribution in [2.45, 2.75) is 31.6 Å². The Morgan fingerprint density at radius 2 is 2.24 bits per heavy atom. The number of pyridine rings is 1. The molecule has 0 saturated carbocycles. The van der Waals surface area contributed by atoms with Gasteiger partial charge in [0.15, 0.2) is 0 Å². The van der Waals surface area contributed by atoms with Crippen LogP contribution in [-0.4, -0.2) is 21.0 Å². The maximum Gasteiger partial charge on any atom is 0.136 e. The number of alkyl halides is 1. The van der Waals surface area contributed by atoms with Crippen LogP contribution in [0.1, 0.15) is 32.5 Å². The molecule has 1 aromatic heterocycles. The largest absolute Gasteiger partial charge is 0.598 e. The third-order valence-electron chi connectivity index (χ3n) is 2.06. The van der Waals surface area contributed by atoms with Crippen molar-refractivity contribution in [3.63, 3.8) is 0 Å². The molecule has 1 heterocycles. The Kier molecular flexibility index (Phi) is 5.19. The monoisotopic (exact) mass is 278 g/mol. The van der Waals surface area contributed by atoms with Crippen LogP contribution in [0.15, 0.2) is 18.3 Å². The zero-order chi connectivity index (χ0) is 13.1. The van der Waals surface area contributed by atoms with Gasteiger partial charge in [-0.2, -0.15) is 0 Å². The first-order valence-electron chi connectivity index (χ1n) is 5.20. The van der Waals surface area contributed by atoms with E-state index in [2.05, 4.69) is 9.71 Å². The molecular formula is C11H16ClFN2OS. The second-order valence-electron chi connectivity index (χ2n) is 4.60. The highest BCUT2D eigenvalue weighted by Crippen LogP contribution is 2.20. The lowest BCUT2D eigenvalue weighted by atomic mass is 10.2. The third-order valence-corrected chi connectivity index (χ3v) is 3.91. The first kappa shape index (κ1) is 14.7. The topological polar surface area (TPSA) is 48.0 Å². The second-order valence-corrected chi connectivity index (χ2v) is 7.04. The molecule has 0 aliphatic carbocycles. The van der Waals surface area contributed by atoms with Gasteiger partial charge in [-0.25, -0.2) is 4.39 Å². The van der Waals surface area contributed by atoms with Crippen LogP contribution in [0.5, 0.6) is 0 Å². The van der Waals surface area contributed by atoms with Crippen molar-refractivity contribution in [2.24, 2.45) is 0 Å². The molecule has 1 aromatic rings. The SMILES string of the molecule is CC(C)(C)[S@+]([O-])NC(CF)c1cc(Cl)ccn1. The van der Waals surface area contributed by atoms with E-state index in [1.54, 1.807) is 12.1 Å². The summed E-state index contributed by atoms with van der Waals surface area (Å²) < 4.78 is 27.1. The van der Waals surface area contributed by atoms with Gasteiger partial charge in [-0.15, -0.1) is 4.72 Å². The average molecular weight is 279 g/mol. The minimum absolute atomic E-state index is 0.452. The van der Waals surface area contributed by atoms with Gasteiger partial charge in [-0.3, -0.25) is 4.98 Å². The molecule has 0 aromatic carbocycles. The fourth-order valence-corrected chi connectivity index (χ4v) is 2.05. The van der Waals surface area contributed by atoms with Crippen LogP contribution >= 0.6 is 11.6 Å². The molecule has 17 heavy (non-hydrogen) atoms. The van der Waals surface area contributed by atoms with E-state index in [4.69, 9.17) is 11.6 Å². The van der Waals surface area contributed by atoms with Gasteiger partial charge in [-0.1, -0.05) is 11.6 Å². The molecule has 0 aliphatic rings. The van der Waals surface area contributed by atoms with Gasteiger partial charge in [0, 0.05) is 22.6 Å². The molecule has 0 aliphatic heterocycles. The average Bonchev–Trinajstić information content (AvgIpc) is 2.24. The van der Waals surface area contributed by atoms with E-state index >= 15 is 0 Å². The summed E-state index contributed by atoms with van der Waals surface area (Å²) in [4.78, 5) is 4.02. The second kappa shape index (κ2) is 6.00. The fourth-order valence-electron chi connectivity index (χ4n) is 1.09. The lowest BCUT2D eigenvalue weighted by Gasteiger charge is -2.26. The Morgan fingerprint density at radius 3 is 2.71 bits per heavy atom. The normalized spacial score (nSPS) is 15.6. The van der Waals surface area contributed by atoms with Crippen LogP contribution in [0.3, 0.4) is 0 Å². The molecule has 1 rings (SSSR count). The zero-order valence-electron chi connectivity index (χ0n) is 10.0. The van der Waals surface area contributed by atoms with E-state index < -0.39 is 28.8 Å². The van der Waals surface area contributed by atoms with Crippen LogP contribution in [0, 0.1) is 0 Å². The smallest absolute Gasteiger partial charge is 0.136 e. The van der Waals surface area contributed by atoms with E-state index in [1.165, 1.54) is 6.20 Å². The summed E-state index contributed by atoms with van der Waals surface area (Å²) >= 11 is 4.46. The summed E-state index contributed by atoms with van der Waals surface area (Å²) in [5, 5.41) is 0.483. The molecular weight excluding hydrogens is 263 g/mol. The van der Waals surface area contributed by atoms with Gasteiger partial charge in [0.25, 0.3) is 0 Å². The van der Waals surface area contributed by atoms with Gasteiger partial charge in [0.05, 0.1) is 5.69 Å². The zero-order valence-corrected chi connectivity index (χ0v) is 11.6. The Hall–Kier alpha value is -0.360. The molecule has 0 amide bonds. The standard InChI is InChI=1S/C11H16ClFN2OS/c1-11(2,3)17(16)15-10(7-13)9-6-8(12)4-5-14-9/h4-6,10,15H,7H2,1-3H3/t10?,17-/m0/s1.